The first-order chi connectivity index (χ1) is 8.24. The number of rotatable bonds is 4. The van der Waals surface area contributed by atoms with E-state index in [-0.39, 0.29) is 0 Å². The van der Waals surface area contributed by atoms with Crippen molar-refractivity contribution < 1.29 is 4.79 Å². The SMILES string of the molecule is CCCn1cc(C=O)c(-c2cncc(C)c2)n1. The van der Waals surface area contributed by atoms with Crippen LogP contribution >= 0.6 is 0 Å². The van der Waals surface area contributed by atoms with Crippen molar-refractivity contribution >= 4 is 6.29 Å². The molecular formula is C13H15N3O. The third kappa shape index (κ3) is 2.41. The van der Waals surface area contributed by atoms with Gasteiger partial charge in [0.05, 0.1) is 5.56 Å². The van der Waals surface area contributed by atoms with Crippen LogP contribution in [-0.2, 0) is 6.54 Å². The smallest absolute Gasteiger partial charge is 0.153 e. The molecule has 0 N–H and O–H groups in total. The van der Waals surface area contributed by atoms with Crippen LogP contribution in [0.15, 0.2) is 24.7 Å². The average molecular weight is 229 g/mol. The molecule has 0 aromatic carbocycles. The fraction of sp³-hybridized carbons (Fsp3) is 0.308. The Balaban J connectivity index is 2.46. The zero-order valence-electron chi connectivity index (χ0n) is 10.1. The largest absolute Gasteiger partial charge is 0.298 e. The fourth-order valence-electron chi connectivity index (χ4n) is 1.78. The number of aromatic nitrogens is 3. The van der Waals surface area contributed by atoms with E-state index in [0.29, 0.717) is 11.3 Å². The van der Waals surface area contributed by atoms with Gasteiger partial charge in [0, 0.05) is 30.7 Å². The van der Waals surface area contributed by atoms with Crippen LogP contribution in [0.2, 0.25) is 0 Å². The molecule has 0 aliphatic heterocycles. The number of carbonyl (C=O) groups excluding carboxylic acids is 1. The highest BCUT2D eigenvalue weighted by Gasteiger charge is 2.10. The summed E-state index contributed by atoms with van der Waals surface area (Å²) in [6.07, 6.45) is 7.14. The highest BCUT2D eigenvalue weighted by Crippen LogP contribution is 2.20. The number of pyridine rings is 1. The van der Waals surface area contributed by atoms with E-state index in [1.165, 1.54) is 0 Å². The number of hydrogen-bond acceptors (Lipinski definition) is 3. The van der Waals surface area contributed by atoms with Gasteiger partial charge in [-0.15, -0.1) is 0 Å². The van der Waals surface area contributed by atoms with Crippen molar-refractivity contribution in [3.8, 4) is 11.3 Å². The number of aryl methyl sites for hydroxylation is 2. The first-order valence-electron chi connectivity index (χ1n) is 5.69. The van der Waals surface area contributed by atoms with E-state index >= 15 is 0 Å². The first kappa shape index (κ1) is 11.5. The van der Waals surface area contributed by atoms with Crippen molar-refractivity contribution in [3.05, 3.63) is 35.8 Å². The summed E-state index contributed by atoms with van der Waals surface area (Å²) in [6.45, 7) is 4.87. The summed E-state index contributed by atoms with van der Waals surface area (Å²) in [5.41, 5.74) is 3.28. The molecule has 2 heterocycles. The molecule has 88 valence electrons. The molecule has 0 unspecified atom stereocenters. The summed E-state index contributed by atoms with van der Waals surface area (Å²) in [6, 6.07) is 1.98. The maximum atomic E-state index is 11.0. The van der Waals surface area contributed by atoms with E-state index in [9.17, 15) is 4.79 Å². The second kappa shape index (κ2) is 4.91. The van der Waals surface area contributed by atoms with Crippen molar-refractivity contribution in [2.24, 2.45) is 0 Å². The van der Waals surface area contributed by atoms with Crippen molar-refractivity contribution in [1.29, 1.82) is 0 Å². The minimum absolute atomic E-state index is 0.617. The topological polar surface area (TPSA) is 47.8 Å². The van der Waals surface area contributed by atoms with Crippen LogP contribution in [0.25, 0.3) is 11.3 Å². The summed E-state index contributed by atoms with van der Waals surface area (Å²) in [5.74, 6) is 0. The molecule has 0 atom stereocenters. The molecule has 0 bridgehead atoms. The molecule has 4 heteroatoms. The van der Waals surface area contributed by atoms with Crippen LogP contribution in [0.1, 0.15) is 29.3 Å². The molecule has 0 amide bonds. The Morgan fingerprint density at radius 2 is 2.24 bits per heavy atom. The predicted octanol–water partition coefficient (Wildman–Crippen LogP) is 2.48. The van der Waals surface area contributed by atoms with E-state index < -0.39 is 0 Å². The van der Waals surface area contributed by atoms with Gasteiger partial charge >= 0.3 is 0 Å². The molecule has 0 aliphatic carbocycles. The van der Waals surface area contributed by atoms with Gasteiger partial charge in [0.2, 0.25) is 0 Å². The molecule has 0 fully saturated rings. The van der Waals surface area contributed by atoms with Crippen LogP contribution in [0.4, 0.5) is 0 Å². The van der Waals surface area contributed by atoms with Gasteiger partial charge in [-0.3, -0.25) is 14.5 Å². The molecule has 0 saturated heterocycles. The normalized spacial score (nSPS) is 10.5. The van der Waals surface area contributed by atoms with Gasteiger partial charge in [-0.05, 0) is 25.0 Å². The molecule has 4 nitrogen and oxygen atoms in total. The standard InChI is InChI=1S/C13H15N3O/c1-3-4-16-8-12(9-17)13(15-16)11-5-10(2)6-14-7-11/h5-9H,3-4H2,1-2H3. The summed E-state index contributed by atoms with van der Waals surface area (Å²) >= 11 is 0. The van der Waals surface area contributed by atoms with Crippen molar-refractivity contribution in [2.75, 3.05) is 0 Å². The van der Waals surface area contributed by atoms with Crippen LogP contribution in [0.5, 0.6) is 0 Å². The molecule has 0 radical (unpaired) electrons. The van der Waals surface area contributed by atoms with Gasteiger partial charge in [0.15, 0.2) is 6.29 Å². The highest BCUT2D eigenvalue weighted by molar-refractivity contribution is 5.85. The van der Waals surface area contributed by atoms with Gasteiger partial charge in [0.1, 0.15) is 5.69 Å². The van der Waals surface area contributed by atoms with Crippen LogP contribution in [-0.4, -0.2) is 21.1 Å². The highest BCUT2D eigenvalue weighted by atomic mass is 16.1. The van der Waals surface area contributed by atoms with Crippen molar-refractivity contribution in [2.45, 2.75) is 26.8 Å². The first-order valence-corrected chi connectivity index (χ1v) is 5.69. The molecule has 0 spiro atoms. The third-order valence-electron chi connectivity index (χ3n) is 2.52. The molecule has 0 aliphatic rings. The molecule has 17 heavy (non-hydrogen) atoms. The Bertz CT molecular complexity index is 531. The van der Waals surface area contributed by atoms with Crippen molar-refractivity contribution in [3.63, 3.8) is 0 Å². The van der Waals surface area contributed by atoms with E-state index in [2.05, 4.69) is 17.0 Å². The van der Waals surface area contributed by atoms with Gasteiger partial charge in [-0.25, -0.2) is 0 Å². The maximum absolute atomic E-state index is 11.0. The van der Waals surface area contributed by atoms with Gasteiger partial charge < -0.3 is 0 Å². The summed E-state index contributed by atoms with van der Waals surface area (Å²) < 4.78 is 1.81. The molecular weight excluding hydrogens is 214 g/mol. The molecule has 2 rings (SSSR count). The quantitative estimate of drug-likeness (QED) is 0.757. The van der Waals surface area contributed by atoms with Gasteiger partial charge in [0.25, 0.3) is 0 Å². The van der Waals surface area contributed by atoms with Crippen LogP contribution < -0.4 is 0 Å². The Morgan fingerprint density at radius 1 is 1.41 bits per heavy atom. The average Bonchev–Trinajstić information content (AvgIpc) is 2.73. The second-order valence-electron chi connectivity index (χ2n) is 4.06. The number of aldehydes is 1. The van der Waals surface area contributed by atoms with E-state index in [1.54, 1.807) is 23.3 Å². The minimum atomic E-state index is 0.617. The van der Waals surface area contributed by atoms with E-state index in [4.69, 9.17) is 0 Å². The summed E-state index contributed by atoms with van der Waals surface area (Å²) in [5, 5.41) is 4.43. The lowest BCUT2D eigenvalue weighted by Gasteiger charge is -1.99. The lowest BCUT2D eigenvalue weighted by molar-refractivity contribution is 0.112. The van der Waals surface area contributed by atoms with E-state index in [0.717, 1.165) is 30.4 Å². The Morgan fingerprint density at radius 3 is 2.88 bits per heavy atom. The number of carbonyl (C=O) groups is 1. The Hall–Kier alpha value is -1.97. The summed E-state index contributed by atoms with van der Waals surface area (Å²) in [7, 11) is 0. The summed E-state index contributed by atoms with van der Waals surface area (Å²) in [4.78, 5) is 15.2. The van der Waals surface area contributed by atoms with Crippen LogP contribution in [0.3, 0.4) is 0 Å². The predicted molar refractivity (Wildman–Crippen MR) is 65.9 cm³/mol. The Kier molecular flexibility index (Phi) is 3.32. The fourth-order valence-corrected chi connectivity index (χ4v) is 1.78. The lowest BCUT2D eigenvalue weighted by atomic mass is 10.1. The number of hydrogen-bond donors (Lipinski definition) is 0. The maximum Gasteiger partial charge on any atom is 0.153 e. The second-order valence-corrected chi connectivity index (χ2v) is 4.06. The van der Waals surface area contributed by atoms with Crippen molar-refractivity contribution in [1.82, 2.24) is 14.8 Å². The zero-order chi connectivity index (χ0) is 12.3. The van der Waals surface area contributed by atoms with E-state index in [1.807, 2.05) is 13.0 Å². The van der Waals surface area contributed by atoms with Gasteiger partial charge in [-0.2, -0.15) is 5.10 Å². The Labute approximate surface area is 100 Å². The molecule has 0 saturated carbocycles. The van der Waals surface area contributed by atoms with Gasteiger partial charge in [-0.1, -0.05) is 6.92 Å². The minimum Gasteiger partial charge on any atom is -0.298 e. The molecule has 2 aromatic rings. The number of nitrogens with zero attached hydrogens (tertiary/aromatic N) is 3. The third-order valence-corrected chi connectivity index (χ3v) is 2.52. The molecule has 2 aromatic heterocycles. The zero-order valence-corrected chi connectivity index (χ0v) is 10.1. The van der Waals surface area contributed by atoms with Crippen LogP contribution in [0, 0.1) is 6.92 Å². The lowest BCUT2D eigenvalue weighted by Crippen LogP contribution is -1.96. The monoisotopic (exact) mass is 229 g/mol.